The fraction of sp³-hybridized carbons (Fsp3) is 0.300. The number of carbonyl (C=O) groups is 2. The highest BCUT2D eigenvalue weighted by Crippen LogP contribution is 2.26. The van der Waals surface area contributed by atoms with Crippen LogP contribution in [0.4, 0.5) is 5.69 Å². The van der Waals surface area contributed by atoms with Crippen molar-refractivity contribution in [1.82, 2.24) is 5.32 Å². The van der Waals surface area contributed by atoms with Gasteiger partial charge in [0.25, 0.3) is 0 Å². The average molecular weight is 338 g/mol. The average Bonchev–Trinajstić information content (AvgIpc) is 3.04. The van der Waals surface area contributed by atoms with Crippen LogP contribution in [0.2, 0.25) is 0 Å². The van der Waals surface area contributed by atoms with Crippen LogP contribution in [0.3, 0.4) is 0 Å². The molecule has 1 atom stereocenters. The summed E-state index contributed by atoms with van der Waals surface area (Å²) in [5.41, 5.74) is 1.98. The van der Waals surface area contributed by atoms with E-state index in [-0.39, 0.29) is 24.2 Å². The van der Waals surface area contributed by atoms with E-state index < -0.39 is 0 Å². The van der Waals surface area contributed by atoms with Crippen molar-refractivity contribution >= 4 is 17.5 Å². The largest absolute Gasteiger partial charge is 0.497 e. The molecule has 2 aromatic carbocycles. The van der Waals surface area contributed by atoms with Gasteiger partial charge in [-0.15, -0.1) is 0 Å². The summed E-state index contributed by atoms with van der Waals surface area (Å²) in [7, 11) is 1.60. The van der Waals surface area contributed by atoms with Crippen molar-refractivity contribution in [2.24, 2.45) is 5.92 Å². The molecule has 0 spiro atoms. The van der Waals surface area contributed by atoms with Gasteiger partial charge in [0.2, 0.25) is 11.8 Å². The Balaban J connectivity index is 1.53. The summed E-state index contributed by atoms with van der Waals surface area (Å²) >= 11 is 0. The van der Waals surface area contributed by atoms with E-state index in [9.17, 15) is 9.59 Å². The minimum atomic E-state index is -0.301. The Kier molecular flexibility index (Phi) is 5.33. The van der Waals surface area contributed by atoms with Crippen LogP contribution < -0.4 is 15.0 Å². The fourth-order valence-corrected chi connectivity index (χ4v) is 3.01. The predicted molar refractivity (Wildman–Crippen MR) is 96.6 cm³/mol. The Labute approximate surface area is 147 Å². The molecule has 1 saturated heterocycles. The number of anilines is 1. The van der Waals surface area contributed by atoms with E-state index in [1.165, 1.54) is 5.56 Å². The molecule has 3 rings (SSSR count). The lowest BCUT2D eigenvalue weighted by atomic mass is 10.1. The summed E-state index contributed by atoms with van der Waals surface area (Å²) in [6.45, 7) is 0.998. The first kappa shape index (κ1) is 17.0. The molecule has 2 aromatic rings. The van der Waals surface area contributed by atoms with Crippen LogP contribution in [0, 0.1) is 5.92 Å². The molecule has 1 aliphatic rings. The highest BCUT2D eigenvalue weighted by atomic mass is 16.5. The number of nitrogens with one attached hydrogen (secondary N) is 1. The molecule has 1 heterocycles. The molecular weight excluding hydrogens is 316 g/mol. The van der Waals surface area contributed by atoms with E-state index in [1.54, 1.807) is 12.0 Å². The Morgan fingerprint density at radius 2 is 1.88 bits per heavy atom. The molecule has 25 heavy (non-hydrogen) atoms. The molecule has 0 unspecified atom stereocenters. The van der Waals surface area contributed by atoms with Crippen molar-refractivity contribution in [3.8, 4) is 5.75 Å². The number of methoxy groups -OCH3 is 1. The second-order valence-corrected chi connectivity index (χ2v) is 6.13. The van der Waals surface area contributed by atoms with Gasteiger partial charge in [0.15, 0.2) is 0 Å². The third kappa shape index (κ3) is 4.18. The Hall–Kier alpha value is -2.82. The zero-order chi connectivity index (χ0) is 17.6. The standard InChI is InChI=1S/C20H22N2O3/c1-25-18-9-7-17(8-10-18)22-14-16(13-19(22)23)20(24)21-12-11-15-5-3-2-4-6-15/h2-10,16H,11-14H2,1H3,(H,21,24)/t16-/m0/s1. The van der Waals surface area contributed by atoms with Crippen LogP contribution >= 0.6 is 0 Å². The summed E-state index contributed by atoms with van der Waals surface area (Å²) < 4.78 is 5.13. The molecule has 0 saturated carbocycles. The van der Waals surface area contributed by atoms with Crippen molar-refractivity contribution in [2.75, 3.05) is 25.1 Å². The molecule has 0 aliphatic carbocycles. The molecule has 5 nitrogen and oxygen atoms in total. The quantitative estimate of drug-likeness (QED) is 0.880. The maximum atomic E-state index is 12.3. The van der Waals surface area contributed by atoms with E-state index in [0.29, 0.717) is 13.1 Å². The van der Waals surface area contributed by atoms with Gasteiger partial charge < -0.3 is 15.0 Å². The van der Waals surface area contributed by atoms with Crippen molar-refractivity contribution < 1.29 is 14.3 Å². The lowest BCUT2D eigenvalue weighted by molar-refractivity contribution is -0.126. The molecule has 1 aliphatic heterocycles. The van der Waals surface area contributed by atoms with E-state index >= 15 is 0 Å². The van der Waals surface area contributed by atoms with Gasteiger partial charge in [-0.1, -0.05) is 30.3 Å². The summed E-state index contributed by atoms with van der Waals surface area (Å²) in [5.74, 6) is 0.365. The first-order chi connectivity index (χ1) is 12.2. The first-order valence-electron chi connectivity index (χ1n) is 8.43. The van der Waals surface area contributed by atoms with Crippen LogP contribution in [-0.2, 0) is 16.0 Å². The molecule has 0 bridgehead atoms. The molecule has 130 valence electrons. The molecule has 1 fully saturated rings. The molecule has 2 amide bonds. The highest BCUT2D eigenvalue weighted by Gasteiger charge is 2.34. The van der Waals surface area contributed by atoms with Gasteiger partial charge in [-0.3, -0.25) is 9.59 Å². The number of carbonyl (C=O) groups excluding carboxylic acids is 2. The zero-order valence-electron chi connectivity index (χ0n) is 14.3. The lowest BCUT2D eigenvalue weighted by Crippen LogP contribution is -2.34. The lowest BCUT2D eigenvalue weighted by Gasteiger charge is -2.17. The predicted octanol–water partition coefficient (Wildman–Crippen LogP) is 2.41. The maximum Gasteiger partial charge on any atom is 0.227 e. The minimum absolute atomic E-state index is 0.0200. The number of nitrogens with zero attached hydrogens (tertiary/aromatic N) is 1. The van der Waals surface area contributed by atoms with Crippen LogP contribution in [0.1, 0.15) is 12.0 Å². The van der Waals surface area contributed by atoms with Crippen molar-refractivity contribution in [3.05, 3.63) is 60.2 Å². The number of hydrogen-bond donors (Lipinski definition) is 1. The van der Waals surface area contributed by atoms with E-state index in [2.05, 4.69) is 5.32 Å². The Morgan fingerprint density at radius 3 is 2.56 bits per heavy atom. The number of benzene rings is 2. The van der Waals surface area contributed by atoms with Gasteiger partial charge in [-0.05, 0) is 36.2 Å². The van der Waals surface area contributed by atoms with E-state index in [1.807, 2.05) is 54.6 Å². The second kappa shape index (κ2) is 7.83. The van der Waals surface area contributed by atoms with Crippen molar-refractivity contribution in [3.63, 3.8) is 0 Å². The number of hydrogen-bond acceptors (Lipinski definition) is 3. The molecule has 1 N–H and O–H groups in total. The Bertz CT molecular complexity index is 728. The van der Waals surface area contributed by atoms with Gasteiger partial charge >= 0.3 is 0 Å². The summed E-state index contributed by atoms with van der Waals surface area (Å²) in [6, 6.07) is 17.3. The van der Waals surface area contributed by atoms with Crippen LogP contribution in [0.25, 0.3) is 0 Å². The summed E-state index contributed by atoms with van der Waals surface area (Å²) in [5, 5.41) is 2.95. The maximum absolute atomic E-state index is 12.3. The SMILES string of the molecule is COc1ccc(N2C[C@@H](C(=O)NCCc3ccccc3)CC2=O)cc1. The highest BCUT2D eigenvalue weighted by molar-refractivity contribution is 6.00. The third-order valence-electron chi connectivity index (χ3n) is 4.44. The second-order valence-electron chi connectivity index (χ2n) is 6.13. The third-order valence-corrected chi connectivity index (χ3v) is 4.44. The van der Waals surface area contributed by atoms with Gasteiger partial charge in [0.05, 0.1) is 13.0 Å². The fourth-order valence-electron chi connectivity index (χ4n) is 3.01. The topological polar surface area (TPSA) is 58.6 Å². The zero-order valence-corrected chi connectivity index (χ0v) is 14.3. The first-order valence-corrected chi connectivity index (χ1v) is 8.43. The van der Waals surface area contributed by atoms with E-state index in [4.69, 9.17) is 4.74 Å². The van der Waals surface area contributed by atoms with Gasteiger partial charge in [-0.25, -0.2) is 0 Å². The number of ether oxygens (including phenoxy) is 1. The van der Waals surface area contributed by atoms with Crippen LogP contribution in [-0.4, -0.2) is 32.0 Å². The van der Waals surface area contributed by atoms with Crippen LogP contribution in [0.5, 0.6) is 5.75 Å². The number of amides is 2. The Morgan fingerprint density at radius 1 is 1.16 bits per heavy atom. The molecule has 5 heteroatoms. The van der Waals surface area contributed by atoms with E-state index in [0.717, 1.165) is 17.9 Å². The smallest absolute Gasteiger partial charge is 0.227 e. The van der Waals surface area contributed by atoms with Crippen molar-refractivity contribution in [2.45, 2.75) is 12.8 Å². The van der Waals surface area contributed by atoms with Crippen LogP contribution in [0.15, 0.2) is 54.6 Å². The van der Waals surface area contributed by atoms with Gasteiger partial charge in [0.1, 0.15) is 5.75 Å². The normalized spacial score (nSPS) is 16.8. The molecule has 0 radical (unpaired) electrons. The summed E-state index contributed by atoms with van der Waals surface area (Å²) in [6.07, 6.45) is 1.04. The summed E-state index contributed by atoms with van der Waals surface area (Å²) in [4.78, 5) is 26.3. The molecular formula is C20H22N2O3. The van der Waals surface area contributed by atoms with Gasteiger partial charge in [-0.2, -0.15) is 0 Å². The monoisotopic (exact) mass is 338 g/mol. The number of rotatable bonds is 6. The minimum Gasteiger partial charge on any atom is -0.497 e. The van der Waals surface area contributed by atoms with Gasteiger partial charge in [0, 0.05) is 25.2 Å². The van der Waals surface area contributed by atoms with Crippen molar-refractivity contribution in [1.29, 1.82) is 0 Å². The molecule has 0 aromatic heterocycles.